The Bertz CT molecular complexity index is 990. The van der Waals surface area contributed by atoms with Gasteiger partial charge in [0, 0.05) is 11.8 Å². The van der Waals surface area contributed by atoms with Gasteiger partial charge in [0.1, 0.15) is 17.6 Å². The molecule has 0 aliphatic heterocycles. The molecular formula is C16H11N5O3. The van der Waals surface area contributed by atoms with Gasteiger partial charge in [0.05, 0.1) is 5.56 Å². The van der Waals surface area contributed by atoms with Crippen LogP contribution in [0.1, 0.15) is 10.6 Å². The Balaban J connectivity index is 1.63. The van der Waals surface area contributed by atoms with Crippen LogP contribution in [0.2, 0.25) is 0 Å². The number of hydrogen-bond donors (Lipinski definition) is 3. The van der Waals surface area contributed by atoms with Gasteiger partial charge in [0.2, 0.25) is 11.7 Å². The van der Waals surface area contributed by atoms with Gasteiger partial charge in [-0.2, -0.15) is 5.10 Å². The van der Waals surface area contributed by atoms with Gasteiger partial charge in [-0.1, -0.05) is 12.1 Å². The maximum absolute atomic E-state index is 11.9. The van der Waals surface area contributed by atoms with Gasteiger partial charge in [-0.15, -0.1) is 0 Å². The van der Waals surface area contributed by atoms with E-state index in [0.29, 0.717) is 28.2 Å². The molecule has 2 heterocycles. The number of rotatable bonds is 3. The van der Waals surface area contributed by atoms with Crippen molar-refractivity contribution in [2.45, 2.75) is 0 Å². The highest BCUT2D eigenvalue weighted by atomic mass is 16.3. The molecule has 0 radical (unpaired) electrons. The van der Waals surface area contributed by atoms with Gasteiger partial charge in [-0.05, 0) is 24.3 Å². The third kappa shape index (κ3) is 2.45. The van der Waals surface area contributed by atoms with Gasteiger partial charge in [0.25, 0.3) is 5.91 Å². The minimum absolute atomic E-state index is 0.0584. The Labute approximate surface area is 135 Å². The van der Waals surface area contributed by atoms with Crippen molar-refractivity contribution in [1.82, 2.24) is 20.2 Å². The van der Waals surface area contributed by atoms with E-state index >= 15 is 0 Å². The van der Waals surface area contributed by atoms with Gasteiger partial charge >= 0.3 is 0 Å². The summed E-state index contributed by atoms with van der Waals surface area (Å²) in [4.78, 5) is 20.0. The smallest absolute Gasteiger partial charge is 0.292 e. The van der Waals surface area contributed by atoms with Crippen LogP contribution in [0.5, 0.6) is 5.75 Å². The van der Waals surface area contributed by atoms with Crippen molar-refractivity contribution < 1.29 is 14.3 Å². The second-order valence-corrected chi connectivity index (χ2v) is 5.01. The van der Waals surface area contributed by atoms with E-state index in [4.69, 9.17) is 4.42 Å². The number of benzene rings is 2. The summed E-state index contributed by atoms with van der Waals surface area (Å²) in [6.07, 6.45) is 1.24. The molecule has 2 aromatic heterocycles. The molecule has 0 bridgehead atoms. The lowest BCUT2D eigenvalue weighted by molar-refractivity contribution is 0.101. The minimum Gasteiger partial charge on any atom is -0.507 e. The fourth-order valence-corrected chi connectivity index (χ4v) is 2.28. The first-order chi connectivity index (χ1) is 11.7. The van der Waals surface area contributed by atoms with Crippen molar-refractivity contribution in [3.05, 3.63) is 54.6 Å². The summed E-state index contributed by atoms with van der Waals surface area (Å²) in [5.41, 5.74) is 2.18. The fraction of sp³-hybridized carbons (Fsp3) is 0. The lowest BCUT2D eigenvalue weighted by Gasteiger charge is -2.06. The monoisotopic (exact) mass is 321 g/mol. The topological polar surface area (TPSA) is 117 Å². The van der Waals surface area contributed by atoms with Crippen LogP contribution >= 0.6 is 0 Å². The number of phenols is 1. The Morgan fingerprint density at radius 1 is 1.21 bits per heavy atom. The highest BCUT2D eigenvalue weighted by molar-refractivity contribution is 6.01. The van der Waals surface area contributed by atoms with Crippen LogP contribution in [0.4, 0.5) is 5.69 Å². The Kier molecular flexibility index (Phi) is 3.20. The van der Waals surface area contributed by atoms with E-state index in [9.17, 15) is 9.90 Å². The van der Waals surface area contributed by atoms with Crippen LogP contribution in [0.15, 0.2) is 53.2 Å². The molecule has 0 saturated heterocycles. The van der Waals surface area contributed by atoms with Gasteiger partial charge in [-0.3, -0.25) is 9.89 Å². The number of anilines is 1. The molecule has 8 nitrogen and oxygen atoms in total. The first-order valence-corrected chi connectivity index (χ1v) is 7.06. The average Bonchev–Trinajstić information content (AvgIpc) is 3.24. The zero-order chi connectivity index (χ0) is 16.5. The third-order valence-corrected chi connectivity index (χ3v) is 3.41. The highest BCUT2D eigenvalue weighted by Gasteiger charge is 2.14. The number of aromatic amines is 1. The van der Waals surface area contributed by atoms with E-state index in [2.05, 4.69) is 25.5 Å². The predicted molar refractivity (Wildman–Crippen MR) is 85.4 cm³/mol. The molecule has 4 aromatic rings. The molecule has 4 rings (SSSR count). The van der Waals surface area contributed by atoms with E-state index < -0.39 is 5.91 Å². The van der Waals surface area contributed by atoms with Crippen LogP contribution in [-0.4, -0.2) is 31.2 Å². The van der Waals surface area contributed by atoms with Crippen LogP contribution in [0, 0.1) is 0 Å². The molecule has 1 amide bonds. The molecular weight excluding hydrogens is 310 g/mol. The van der Waals surface area contributed by atoms with E-state index in [1.54, 1.807) is 18.2 Å². The molecule has 2 aromatic carbocycles. The SMILES string of the molecule is O=C(Nc1ccc(-c2nc3ccccc3o2)c(O)c1)c1ncn[nH]1. The molecule has 3 N–H and O–H groups in total. The molecule has 0 atom stereocenters. The zero-order valence-corrected chi connectivity index (χ0v) is 12.2. The number of phenolic OH excluding ortho intramolecular Hbond substituents is 1. The molecule has 0 unspecified atom stereocenters. The Hall–Kier alpha value is -3.68. The molecule has 8 heteroatoms. The van der Waals surface area contributed by atoms with Crippen LogP contribution in [-0.2, 0) is 0 Å². The number of fused-ring (bicyclic) bond motifs is 1. The third-order valence-electron chi connectivity index (χ3n) is 3.41. The number of para-hydroxylation sites is 2. The highest BCUT2D eigenvalue weighted by Crippen LogP contribution is 2.33. The second kappa shape index (κ2) is 5.51. The van der Waals surface area contributed by atoms with Gasteiger partial charge in [0.15, 0.2) is 5.58 Å². The van der Waals surface area contributed by atoms with Crippen molar-refractivity contribution in [1.29, 1.82) is 0 Å². The average molecular weight is 321 g/mol. The predicted octanol–water partition coefficient (Wildman–Crippen LogP) is 2.57. The Morgan fingerprint density at radius 3 is 2.83 bits per heavy atom. The first-order valence-electron chi connectivity index (χ1n) is 7.06. The summed E-state index contributed by atoms with van der Waals surface area (Å²) in [5.74, 6) is -0.127. The van der Waals surface area contributed by atoms with E-state index in [-0.39, 0.29) is 11.6 Å². The summed E-state index contributed by atoms with van der Waals surface area (Å²) in [6, 6.07) is 12.0. The summed E-state index contributed by atoms with van der Waals surface area (Å²) < 4.78 is 5.63. The summed E-state index contributed by atoms with van der Waals surface area (Å²) in [5, 5.41) is 18.9. The molecule has 24 heavy (non-hydrogen) atoms. The normalized spacial score (nSPS) is 10.8. The number of nitrogens with zero attached hydrogens (tertiary/aromatic N) is 3. The van der Waals surface area contributed by atoms with Gasteiger partial charge < -0.3 is 14.8 Å². The quantitative estimate of drug-likeness (QED) is 0.534. The number of H-pyrrole nitrogens is 1. The largest absolute Gasteiger partial charge is 0.507 e. The number of hydrogen-bond acceptors (Lipinski definition) is 6. The zero-order valence-electron chi connectivity index (χ0n) is 12.2. The molecule has 0 aliphatic carbocycles. The standard InChI is InChI=1S/C16H11N5O3/c22-12-7-9(19-15(23)14-17-8-18-21-14)5-6-10(12)16-20-11-3-1-2-4-13(11)24-16/h1-8,22H,(H,19,23)(H,17,18,21). The lowest BCUT2D eigenvalue weighted by Crippen LogP contribution is -2.13. The second-order valence-electron chi connectivity index (χ2n) is 5.01. The van der Waals surface area contributed by atoms with Gasteiger partial charge in [-0.25, -0.2) is 9.97 Å². The van der Waals surface area contributed by atoms with Crippen molar-refractivity contribution in [2.24, 2.45) is 0 Å². The number of aromatic nitrogens is 4. The van der Waals surface area contributed by atoms with Crippen molar-refractivity contribution >= 4 is 22.7 Å². The molecule has 0 fully saturated rings. The number of carbonyl (C=O) groups is 1. The fourth-order valence-electron chi connectivity index (χ4n) is 2.28. The molecule has 118 valence electrons. The minimum atomic E-state index is -0.457. The lowest BCUT2D eigenvalue weighted by atomic mass is 10.2. The summed E-state index contributed by atoms with van der Waals surface area (Å²) in [6.45, 7) is 0. The molecule has 0 aliphatic rings. The number of carbonyl (C=O) groups excluding carboxylic acids is 1. The maximum Gasteiger partial charge on any atom is 0.292 e. The molecule has 0 saturated carbocycles. The number of amides is 1. The number of oxazole rings is 1. The number of nitrogens with one attached hydrogen (secondary N) is 2. The Morgan fingerprint density at radius 2 is 2.08 bits per heavy atom. The maximum atomic E-state index is 11.9. The van der Waals surface area contributed by atoms with Crippen LogP contribution in [0.3, 0.4) is 0 Å². The van der Waals surface area contributed by atoms with E-state index in [1.165, 1.54) is 12.4 Å². The van der Waals surface area contributed by atoms with E-state index in [1.807, 2.05) is 18.2 Å². The van der Waals surface area contributed by atoms with Crippen LogP contribution < -0.4 is 5.32 Å². The first kappa shape index (κ1) is 13.9. The van der Waals surface area contributed by atoms with E-state index in [0.717, 1.165) is 0 Å². The molecule has 0 spiro atoms. The van der Waals surface area contributed by atoms with Crippen molar-refractivity contribution in [2.75, 3.05) is 5.32 Å². The van der Waals surface area contributed by atoms with Crippen molar-refractivity contribution in [3.63, 3.8) is 0 Å². The summed E-state index contributed by atoms with van der Waals surface area (Å²) in [7, 11) is 0. The van der Waals surface area contributed by atoms with Crippen molar-refractivity contribution in [3.8, 4) is 17.2 Å². The number of aromatic hydroxyl groups is 1. The summed E-state index contributed by atoms with van der Waals surface area (Å²) >= 11 is 0. The van der Waals surface area contributed by atoms with Crippen LogP contribution in [0.25, 0.3) is 22.6 Å².